The van der Waals surface area contributed by atoms with E-state index in [-0.39, 0.29) is 0 Å². The maximum absolute atomic E-state index is 5.78. The third kappa shape index (κ3) is 3.76. The molecule has 118 valence electrons. The molecule has 0 spiro atoms. The molecule has 1 aliphatic heterocycles. The zero-order valence-electron chi connectivity index (χ0n) is 13.2. The molecule has 1 saturated heterocycles. The van der Waals surface area contributed by atoms with Crippen molar-refractivity contribution in [3.8, 4) is 0 Å². The average molecular weight is 309 g/mol. The highest BCUT2D eigenvalue weighted by atomic mass is 32.1. The summed E-state index contributed by atoms with van der Waals surface area (Å²) >= 11 is 1.89. The number of morpholine rings is 1. The Morgan fingerprint density at radius 1 is 1.38 bits per heavy atom. The molecule has 2 aliphatic rings. The molecule has 2 fully saturated rings. The van der Waals surface area contributed by atoms with E-state index >= 15 is 0 Å². The summed E-state index contributed by atoms with van der Waals surface area (Å²) < 4.78 is 5.78. The molecular weight excluding hydrogens is 282 g/mol. The van der Waals surface area contributed by atoms with Crippen molar-refractivity contribution in [3.63, 3.8) is 0 Å². The number of ether oxygens (including phenoxy) is 1. The summed E-state index contributed by atoms with van der Waals surface area (Å²) in [6.07, 6.45) is 5.29. The Hall–Kier alpha value is -0.650. The van der Waals surface area contributed by atoms with Crippen molar-refractivity contribution >= 4 is 16.5 Å². The molecule has 21 heavy (non-hydrogen) atoms. The van der Waals surface area contributed by atoms with Crippen molar-refractivity contribution in [2.75, 3.05) is 31.1 Å². The van der Waals surface area contributed by atoms with Crippen molar-refractivity contribution in [1.82, 2.24) is 10.3 Å². The second-order valence-electron chi connectivity index (χ2n) is 6.10. The molecule has 1 saturated carbocycles. The van der Waals surface area contributed by atoms with Gasteiger partial charge in [0.05, 0.1) is 18.4 Å². The summed E-state index contributed by atoms with van der Waals surface area (Å²) in [5.41, 5.74) is 1.37. The van der Waals surface area contributed by atoms with Gasteiger partial charge in [0.2, 0.25) is 0 Å². The highest BCUT2D eigenvalue weighted by Gasteiger charge is 2.31. The summed E-state index contributed by atoms with van der Waals surface area (Å²) in [5, 5.41) is 4.75. The maximum Gasteiger partial charge on any atom is 0.186 e. The lowest BCUT2D eigenvalue weighted by molar-refractivity contribution is 0.0384. The molecule has 0 bridgehead atoms. The quantitative estimate of drug-likeness (QED) is 0.785. The van der Waals surface area contributed by atoms with E-state index in [9.17, 15) is 0 Å². The number of hydrogen-bond acceptors (Lipinski definition) is 5. The lowest BCUT2D eigenvalue weighted by atomic mass is 10.2. The number of nitrogens with one attached hydrogen (secondary N) is 1. The fraction of sp³-hybridized carbons (Fsp3) is 0.812. The third-order valence-electron chi connectivity index (χ3n) is 4.26. The molecule has 0 aromatic carbocycles. The van der Waals surface area contributed by atoms with Gasteiger partial charge in [-0.3, -0.25) is 0 Å². The van der Waals surface area contributed by atoms with Gasteiger partial charge in [0.1, 0.15) is 0 Å². The normalized spacial score (nSPS) is 22.8. The first-order valence-corrected chi connectivity index (χ1v) is 9.20. The van der Waals surface area contributed by atoms with E-state index in [4.69, 9.17) is 9.72 Å². The Labute approximate surface area is 131 Å². The molecule has 1 aliphatic carbocycles. The van der Waals surface area contributed by atoms with E-state index < -0.39 is 0 Å². The topological polar surface area (TPSA) is 37.4 Å². The third-order valence-corrected chi connectivity index (χ3v) is 5.39. The van der Waals surface area contributed by atoms with Gasteiger partial charge in [-0.15, -0.1) is 11.3 Å². The fourth-order valence-corrected chi connectivity index (χ4v) is 3.96. The van der Waals surface area contributed by atoms with E-state index in [1.807, 2.05) is 11.3 Å². The molecule has 5 heteroatoms. The van der Waals surface area contributed by atoms with Gasteiger partial charge in [0.15, 0.2) is 5.13 Å². The summed E-state index contributed by atoms with van der Waals surface area (Å²) in [4.78, 5) is 8.88. The lowest BCUT2D eigenvalue weighted by Gasteiger charge is -2.32. The van der Waals surface area contributed by atoms with Crippen LogP contribution in [-0.2, 0) is 11.3 Å². The van der Waals surface area contributed by atoms with Gasteiger partial charge < -0.3 is 15.0 Å². The average Bonchev–Trinajstić information content (AvgIpc) is 3.28. The largest absolute Gasteiger partial charge is 0.375 e. The molecule has 1 N–H and O–H groups in total. The minimum Gasteiger partial charge on any atom is -0.375 e. The first-order valence-electron chi connectivity index (χ1n) is 8.38. The van der Waals surface area contributed by atoms with Crippen LogP contribution in [0.2, 0.25) is 0 Å². The van der Waals surface area contributed by atoms with Crippen molar-refractivity contribution in [2.24, 2.45) is 0 Å². The molecule has 0 amide bonds. The zero-order valence-corrected chi connectivity index (χ0v) is 14.0. The van der Waals surface area contributed by atoms with Crippen LogP contribution in [0, 0.1) is 0 Å². The van der Waals surface area contributed by atoms with Gasteiger partial charge in [0.25, 0.3) is 0 Å². The minimum absolute atomic E-state index is 0.369. The highest BCUT2D eigenvalue weighted by Crippen LogP contribution is 2.44. The van der Waals surface area contributed by atoms with Gasteiger partial charge in [-0.05, 0) is 32.2 Å². The van der Waals surface area contributed by atoms with Gasteiger partial charge in [0, 0.05) is 30.4 Å². The summed E-state index contributed by atoms with van der Waals surface area (Å²) in [5.74, 6) is 0.733. The number of thiazole rings is 1. The van der Waals surface area contributed by atoms with Crippen LogP contribution in [0.3, 0.4) is 0 Å². The van der Waals surface area contributed by atoms with Gasteiger partial charge in [-0.2, -0.15) is 0 Å². The zero-order chi connectivity index (χ0) is 14.7. The molecule has 0 radical (unpaired) electrons. The van der Waals surface area contributed by atoms with Crippen LogP contribution < -0.4 is 10.2 Å². The predicted molar refractivity (Wildman–Crippen MR) is 88.3 cm³/mol. The van der Waals surface area contributed by atoms with E-state index in [0.717, 1.165) is 45.1 Å². The molecule has 4 nitrogen and oxygen atoms in total. The van der Waals surface area contributed by atoms with Crippen molar-refractivity contribution in [1.29, 1.82) is 0 Å². The van der Waals surface area contributed by atoms with Crippen molar-refractivity contribution in [2.45, 2.75) is 58.1 Å². The Bertz CT molecular complexity index is 458. The number of hydrogen-bond donors (Lipinski definition) is 1. The number of rotatable bonds is 7. The van der Waals surface area contributed by atoms with Crippen molar-refractivity contribution < 1.29 is 4.74 Å². The standard InChI is InChI=1S/C16H27N3OS/c1-3-7-17-10-14-15(12-5-6-12)18-16(21-14)19-8-9-20-13(4-2)11-19/h12-13,17H,3-11H2,1-2H3. The molecule has 1 aromatic heterocycles. The first-order chi connectivity index (χ1) is 10.3. The Morgan fingerprint density at radius 3 is 2.95 bits per heavy atom. The SMILES string of the molecule is CCCNCc1sc(N2CCOC(CC)C2)nc1C1CC1. The summed E-state index contributed by atoms with van der Waals surface area (Å²) in [7, 11) is 0. The van der Waals surface area contributed by atoms with Crippen molar-refractivity contribution in [3.05, 3.63) is 10.6 Å². The van der Waals surface area contributed by atoms with E-state index in [1.165, 1.54) is 35.0 Å². The monoisotopic (exact) mass is 309 g/mol. The molecular formula is C16H27N3OS. The van der Waals surface area contributed by atoms with Gasteiger partial charge in [-0.25, -0.2) is 4.98 Å². The van der Waals surface area contributed by atoms with Gasteiger partial charge >= 0.3 is 0 Å². The van der Waals surface area contributed by atoms with Crippen LogP contribution >= 0.6 is 11.3 Å². The first kappa shape index (κ1) is 15.3. The minimum atomic E-state index is 0.369. The molecule has 1 aromatic rings. The van der Waals surface area contributed by atoms with Crippen LogP contribution in [0.1, 0.15) is 56.0 Å². The lowest BCUT2D eigenvalue weighted by Crippen LogP contribution is -2.42. The van der Waals surface area contributed by atoms with Crippen LogP contribution in [0.4, 0.5) is 5.13 Å². The number of aromatic nitrogens is 1. The van der Waals surface area contributed by atoms with Crippen LogP contribution in [0.25, 0.3) is 0 Å². The highest BCUT2D eigenvalue weighted by molar-refractivity contribution is 7.15. The predicted octanol–water partition coefficient (Wildman–Crippen LogP) is 3.14. The van der Waals surface area contributed by atoms with E-state index in [2.05, 4.69) is 24.1 Å². The second kappa shape index (κ2) is 7.07. The molecule has 1 atom stereocenters. The molecule has 3 rings (SSSR count). The number of anilines is 1. The van der Waals surface area contributed by atoms with Crippen LogP contribution in [0.5, 0.6) is 0 Å². The fourth-order valence-electron chi connectivity index (χ4n) is 2.81. The number of nitrogens with zero attached hydrogens (tertiary/aromatic N) is 2. The summed E-state index contributed by atoms with van der Waals surface area (Å²) in [6.45, 7) is 9.30. The van der Waals surface area contributed by atoms with Crippen LogP contribution in [-0.4, -0.2) is 37.3 Å². The second-order valence-corrected chi connectivity index (χ2v) is 7.17. The van der Waals surface area contributed by atoms with Crippen LogP contribution in [0.15, 0.2) is 0 Å². The Morgan fingerprint density at radius 2 is 2.24 bits per heavy atom. The van der Waals surface area contributed by atoms with E-state index in [0.29, 0.717) is 6.10 Å². The van der Waals surface area contributed by atoms with Gasteiger partial charge in [-0.1, -0.05) is 13.8 Å². The molecule has 1 unspecified atom stereocenters. The Kier molecular flexibility index (Phi) is 5.14. The van der Waals surface area contributed by atoms with E-state index in [1.54, 1.807) is 0 Å². The smallest absolute Gasteiger partial charge is 0.186 e. The molecule has 2 heterocycles. The maximum atomic E-state index is 5.78. The Balaban J connectivity index is 1.71. The summed E-state index contributed by atoms with van der Waals surface area (Å²) in [6, 6.07) is 0.